The molecule has 0 spiro atoms. The van der Waals surface area contributed by atoms with Crippen molar-refractivity contribution in [2.75, 3.05) is 13.1 Å². The molecule has 1 N–H and O–H groups in total. The van der Waals surface area contributed by atoms with Crippen molar-refractivity contribution in [1.29, 1.82) is 0 Å². The van der Waals surface area contributed by atoms with Crippen molar-refractivity contribution in [3.8, 4) is 0 Å². The zero-order valence-corrected chi connectivity index (χ0v) is 12.8. The number of carbonyl (C=O) groups excluding carboxylic acids is 1. The van der Waals surface area contributed by atoms with Crippen LogP contribution in [-0.4, -0.2) is 34.9 Å². The third-order valence-corrected chi connectivity index (χ3v) is 5.00. The van der Waals surface area contributed by atoms with Crippen LogP contribution in [0.2, 0.25) is 0 Å². The molecule has 0 unspecified atom stereocenters. The van der Waals surface area contributed by atoms with Crippen molar-refractivity contribution in [1.82, 2.24) is 15.2 Å². The molecule has 1 saturated carbocycles. The number of aromatic nitrogens is 1. The highest BCUT2D eigenvalue weighted by molar-refractivity contribution is 5.83. The quantitative estimate of drug-likeness (QED) is 0.904. The molecular weight excluding hydrogens is 262 g/mol. The van der Waals surface area contributed by atoms with Gasteiger partial charge < -0.3 is 10.2 Å². The fourth-order valence-electron chi connectivity index (χ4n) is 3.35. The van der Waals surface area contributed by atoms with E-state index < -0.39 is 0 Å². The standard InChI is InChI=1S/C17H25N3O/c1-2-17(8-11-18-12-9-17)16(21)20(15-6-7-15)13-14-5-3-4-10-19-14/h3-5,10,15,18H,2,6-9,11-13H2,1H3. The number of hydrogen-bond donors (Lipinski definition) is 1. The van der Waals surface area contributed by atoms with Crippen LogP contribution in [0, 0.1) is 5.41 Å². The fraction of sp³-hybridized carbons (Fsp3) is 0.647. The minimum atomic E-state index is -0.150. The van der Waals surface area contributed by atoms with Crippen LogP contribution in [0.15, 0.2) is 24.4 Å². The second kappa shape index (κ2) is 6.14. The number of pyridine rings is 1. The van der Waals surface area contributed by atoms with Crippen molar-refractivity contribution in [2.45, 2.75) is 51.6 Å². The maximum Gasteiger partial charge on any atom is 0.229 e. The molecule has 1 aromatic rings. The highest BCUT2D eigenvalue weighted by Gasteiger charge is 2.44. The van der Waals surface area contributed by atoms with Gasteiger partial charge in [0.1, 0.15) is 0 Å². The van der Waals surface area contributed by atoms with Crippen molar-refractivity contribution >= 4 is 5.91 Å². The number of nitrogens with one attached hydrogen (secondary N) is 1. The van der Waals surface area contributed by atoms with Gasteiger partial charge in [-0.2, -0.15) is 0 Å². The molecule has 1 amide bonds. The molecule has 3 rings (SSSR count). The van der Waals surface area contributed by atoms with Crippen LogP contribution in [0.3, 0.4) is 0 Å². The van der Waals surface area contributed by atoms with Gasteiger partial charge >= 0.3 is 0 Å². The largest absolute Gasteiger partial charge is 0.333 e. The van der Waals surface area contributed by atoms with Gasteiger partial charge in [-0.1, -0.05) is 13.0 Å². The molecule has 0 radical (unpaired) electrons. The molecule has 4 nitrogen and oxygen atoms in total. The summed E-state index contributed by atoms with van der Waals surface area (Å²) in [6, 6.07) is 6.38. The van der Waals surface area contributed by atoms with E-state index in [1.54, 1.807) is 0 Å². The average Bonchev–Trinajstić information content (AvgIpc) is 3.38. The highest BCUT2D eigenvalue weighted by atomic mass is 16.2. The first-order chi connectivity index (χ1) is 10.2. The molecule has 2 heterocycles. The fourth-order valence-corrected chi connectivity index (χ4v) is 3.35. The Morgan fingerprint density at radius 2 is 2.14 bits per heavy atom. The van der Waals surface area contributed by atoms with E-state index in [0.717, 1.165) is 50.9 Å². The lowest BCUT2D eigenvalue weighted by Crippen LogP contribution is -2.49. The van der Waals surface area contributed by atoms with E-state index in [0.29, 0.717) is 18.5 Å². The molecule has 1 aromatic heterocycles. The zero-order chi connectivity index (χ0) is 14.7. The van der Waals surface area contributed by atoms with Crippen LogP contribution >= 0.6 is 0 Å². The number of hydrogen-bond acceptors (Lipinski definition) is 3. The molecule has 114 valence electrons. The van der Waals surface area contributed by atoms with Crippen LogP contribution < -0.4 is 5.32 Å². The van der Waals surface area contributed by atoms with Gasteiger partial charge in [0, 0.05) is 12.2 Å². The third-order valence-electron chi connectivity index (χ3n) is 5.00. The summed E-state index contributed by atoms with van der Waals surface area (Å²) in [5.41, 5.74) is 0.848. The summed E-state index contributed by atoms with van der Waals surface area (Å²) < 4.78 is 0. The first kappa shape index (κ1) is 14.5. The third kappa shape index (κ3) is 3.10. The van der Waals surface area contributed by atoms with Crippen molar-refractivity contribution < 1.29 is 4.79 Å². The summed E-state index contributed by atoms with van der Waals surface area (Å²) in [6.45, 7) is 4.75. The maximum absolute atomic E-state index is 13.2. The molecule has 2 aliphatic rings. The predicted molar refractivity (Wildman–Crippen MR) is 82.6 cm³/mol. The van der Waals surface area contributed by atoms with Gasteiger partial charge in [-0.3, -0.25) is 9.78 Å². The summed E-state index contributed by atoms with van der Waals surface area (Å²) in [7, 11) is 0. The molecule has 4 heteroatoms. The number of carbonyl (C=O) groups is 1. The summed E-state index contributed by atoms with van der Waals surface area (Å²) in [6.07, 6.45) is 6.98. The Labute approximate surface area is 126 Å². The van der Waals surface area contributed by atoms with Gasteiger partial charge in [0.15, 0.2) is 0 Å². The summed E-state index contributed by atoms with van der Waals surface area (Å²) in [5, 5.41) is 3.38. The lowest BCUT2D eigenvalue weighted by molar-refractivity contribution is -0.145. The first-order valence-corrected chi connectivity index (χ1v) is 8.17. The summed E-state index contributed by atoms with van der Waals surface area (Å²) in [5.74, 6) is 0.361. The number of amides is 1. The summed E-state index contributed by atoms with van der Waals surface area (Å²) in [4.78, 5) is 19.7. The van der Waals surface area contributed by atoms with E-state index in [9.17, 15) is 4.79 Å². The maximum atomic E-state index is 13.2. The van der Waals surface area contributed by atoms with Crippen LogP contribution in [0.1, 0.15) is 44.7 Å². The van der Waals surface area contributed by atoms with Crippen LogP contribution in [0.5, 0.6) is 0 Å². The van der Waals surface area contributed by atoms with E-state index in [1.165, 1.54) is 0 Å². The Bertz CT molecular complexity index is 478. The van der Waals surface area contributed by atoms with Crippen molar-refractivity contribution in [2.24, 2.45) is 5.41 Å². The second-order valence-corrected chi connectivity index (χ2v) is 6.37. The molecule has 21 heavy (non-hydrogen) atoms. The van der Waals surface area contributed by atoms with E-state index in [1.807, 2.05) is 24.4 Å². The zero-order valence-electron chi connectivity index (χ0n) is 12.8. The molecule has 1 saturated heterocycles. The Morgan fingerprint density at radius 3 is 2.71 bits per heavy atom. The van der Waals surface area contributed by atoms with Crippen molar-refractivity contribution in [3.05, 3.63) is 30.1 Å². The van der Waals surface area contributed by atoms with Gasteiger partial charge in [0.2, 0.25) is 5.91 Å². The smallest absolute Gasteiger partial charge is 0.229 e. The SMILES string of the molecule is CCC1(C(=O)N(Cc2ccccn2)C2CC2)CCNCC1. The Morgan fingerprint density at radius 1 is 1.38 bits per heavy atom. The molecule has 1 aliphatic heterocycles. The Hall–Kier alpha value is -1.42. The predicted octanol–water partition coefficient (Wildman–Crippen LogP) is 2.35. The lowest BCUT2D eigenvalue weighted by Gasteiger charge is -2.39. The first-order valence-electron chi connectivity index (χ1n) is 8.17. The Kier molecular flexibility index (Phi) is 4.24. The number of rotatable bonds is 5. The van der Waals surface area contributed by atoms with Gasteiger partial charge in [-0.25, -0.2) is 0 Å². The number of piperidine rings is 1. The molecule has 0 atom stereocenters. The van der Waals surface area contributed by atoms with Crippen LogP contribution in [0.25, 0.3) is 0 Å². The van der Waals surface area contributed by atoms with Crippen LogP contribution in [0.4, 0.5) is 0 Å². The van der Waals surface area contributed by atoms with Gasteiger partial charge in [-0.05, 0) is 57.3 Å². The van der Waals surface area contributed by atoms with Gasteiger partial charge in [-0.15, -0.1) is 0 Å². The molecule has 0 bridgehead atoms. The van der Waals surface area contributed by atoms with Gasteiger partial charge in [0.25, 0.3) is 0 Å². The minimum Gasteiger partial charge on any atom is -0.333 e. The second-order valence-electron chi connectivity index (χ2n) is 6.37. The average molecular weight is 287 g/mol. The summed E-state index contributed by atoms with van der Waals surface area (Å²) >= 11 is 0. The molecule has 0 aromatic carbocycles. The van der Waals surface area contributed by atoms with E-state index >= 15 is 0 Å². The van der Waals surface area contributed by atoms with Crippen molar-refractivity contribution in [3.63, 3.8) is 0 Å². The molecule has 2 fully saturated rings. The van der Waals surface area contributed by atoms with E-state index in [2.05, 4.69) is 22.1 Å². The Balaban J connectivity index is 1.78. The van der Waals surface area contributed by atoms with Crippen LogP contribution in [-0.2, 0) is 11.3 Å². The normalized spacial score (nSPS) is 21.0. The van der Waals surface area contributed by atoms with E-state index in [4.69, 9.17) is 0 Å². The highest BCUT2D eigenvalue weighted by Crippen LogP contribution is 2.39. The lowest BCUT2D eigenvalue weighted by atomic mass is 9.75. The number of nitrogens with zero attached hydrogens (tertiary/aromatic N) is 2. The van der Waals surface area contributed by atoms with E-state index in [-0.39, 0.29) is 5.41 Å². The van der Waals surface area contributed by atoms with Gasteiger partial charge in [0.05, 0.1) is 17.7 Å². The molecule has 1 aliphatic carbocycles. The molecular formula is C17H25N3O. The topological polar surface area (TPSA) is 45.2 Å². The minimum absolute atomic E-state index is 0.150. The monoisotopic (exact) mass is 287 g/mol.